The van der Waals surface area contributed by atoms with E-state index in [1.54, 1.807) is 4.57 Å². The van der Waals surface area contributed by atoms with Crippen LogP contribution in [0.4, 0.5) is 15.8 Å². The lowest BCUT2D eigenvalue weighted by Gasteiger charge is -2.19. The summed E-state index contributed by atoms with van der Waals surface area (Å²) in [6, 6.07) is 10.1. The number of carboxylic acid groups (broad SMARTS) is 1. The number of aromatic carboxylic acids is 1. The zero-order valence-electron chi connectivity index (χ0n) is 16.6. The summed E-state index contributed by atoms with van der Waals surface area (Å²) in [5.41, 5.74) is 7.41. The number of aryl methyl sites for hydroxylation is 3. The maximum atomic E-state index is 15.2. The smallest absolute Gasteiger partial charge is 0.341 e. The number of carboxylic acids is 1. The lowest BCUT2D eigenvalue weighted by atomic mass is 9.99. The van der Waals surface area contributed by atoms with Crippen LogP contribution in [0.2, 0.25) is 0 Å². The molecule has 0 saturated carbocycles. The van der Waals surface area contributed by atoms with Crippen molar-refractivity contribution in [1.29, 1.82) is 0 Å². The van der Waals surface area contributed by atoms with Crippen molar-refractivity contribution >= 4 is 28.2 Å². The van der Waals surface area contributed by atoms with Crippen LogP contribution in [-0.4, -0.2) is 22.2 Å². The second kappa shape index (κ2) is 8.18. The molecule has 3 aromatic rings. The Morgan fingerprint density at radius 2 is 2.00 bits per heavy atom. The third kappa shape index (κ3) is 3.51. The van der Waals surface area contributed by atoms with Crippen molar-refractivity contribution < 1.29 is 14.3 Å². The molecule has 0 unspecified atom stereocenters. The zero-order valence-corrected chi connectivity index (χ0v) is 16.6. The Morgan fingerprint density at radius 1 is 1.23 bits per heavy atom. The monoisotopic (exact) mass is 409 g/mol. The average Bonchev–Trinajstić information content (AvgIpc) is 2.95. The number of nitrogens with one attached hydrogen (secondary N) is 1. The number of halogens is 1. The Morgan fingerprint density at radius 3 is 2.73 bits per heavy atom. The molecule has 2 aromatic carbocycles. The summed E-state index contributed by atoms with van der Waals surface area (Å²) in [4.78, 5) is 24.3. The first-order valence-corrected chi connectivity index (χ1v) is 10.2. The number of carbonyl (C=O) groups is 1. The number of rotatable bonds is 6. The van der Waals surface area contributed by atoms with Gasteiger partial charge in [0, 0.05) is 24.8 Å². The van der Waals surface area contributed by atoms with Crippen molar-refractivity contribution in [2.45, 2.75) is 38.6 Å². The Hall–Kier alpha value is -3.35. The number of benzene rings is 2. The van der Waals surface area contributed by atoms with E-state index >= 15 is 4.39 Å². The van der Waals surface area contributed by atoms with E-state index in [1.807, 2.05) is 18.2 Å². The molecule has 0 radical (unpaired) electrons. The van der Waals surface area contributed by atoms with E-state index in [4.69, 9.17) is 5.73 Å². The standard InChI is InChI=1S/C23H24FN3O3/c24-18-19(25)17-21-15(20(18)26-11-6-9-14-7-2-1-3-8-14)10-4-5-12-27(21)13-16(22(17)28)23(29)30/h1-3,7-8,13,26H,4-6,9-12,25H2,(H,29,30). The summed E-state index contributed by atoms with van der Waals surface area (Å²) in [5.74, 6) is -2.01. The third-order valence-corrected chi connectivity index (χ3v) is 5.69. The number of nitrogen functional groups attached to an aromatic ring is 1. The molecule has 0 spiro atoms. The maximum absolute atomic E-state index is 15.2. The van der Waals surface area contributed by atoms with Crippen LogP contribution in [0.3, 0.4) is 0 Å². The molecule has 6 nitrogen and oxygen atoms in total. The molecule has 0 saturated heterocycles. The van der Waals surface area contributed by atoms with Crippen molar-refractivity contribution in [3.05, 3.63) is 69.3 Å². The predicted octanol–water partition coefficient (Wildman–Crippen LogP) is 3.80. The van der Waals surface area contributed by atoms with Gasteiger partial charge in [0.05, 0.1) is 22.3 Å². The number of hydrogen-bond acceptors (Lipinski definition) is 4. The van der Waals surface area contributed by atoms with Gasteiger partial charge in [-0.25, -0.2) is 9.18 Å². The lowest BCUT2D eigenvalue weighted by Crippen LogP contribution is -2.22. The van der Waals surface area contributed by atoms with Crippen molar-refractivity contribution in [2.24, 2.45) is 0 Å². The number of hydrogen-bond donors (Lipinski definition) is 3. The van der Waals surface area contributed by atoms with Gasteiger partial charge in [-0.05, 0) is 37.7 Å². The largest absolute Gasteiger partial charge is 0.477 e. The summed E-state index contributed by atoms with van der Waals surface area (Å²) < 4.78 is 17.0. The molecule has 1 aromatic heterocycles. The van der Waals surface area contributed by atoms with Crippen LogP contribution in [0.5, 0.6) is 0 Å². The first-order chi connectivity index (χ1) is 14.5. The zero-order chi connectivity index (χ0) is 21.3. The minimum atomic E-state index is -1.33. The van der Waals surface area contributed by atoms with Gasteiger partial charge in [-0.15, -0.1) is 0 Å². The molecule has 0 aliphatic carbocycles. The van der Waals surface area contributed by atoms with Gasteiger partial charge >= 0.3 is 5.97 Å². The molecular weight excluding hydrogens is 385 g/mol. The van der Waals surface area contributed by atoms with E-state index in [9.17, 15) is 14.7 Å². The van der Waals surface area contributed by atoms with Crippen LogP contribution in [0.25, 0.3) is 10.9 Å². The lowest BCUT2D eigenvalue weighted by molar-refractivity contribution is 0.0695. The fourth-order valence-corrected chi connectivity index (χ4v) is 4.23. The summed E-state index contributed by atoms with van der Waals surface area (Å²) in [7, 11) is 0. The number of pyridine rings is 1. The molecule has 30 heavy (non-hydrogen) atoms. The SMILES string of the molecule is Nc1c(F)c(NCCCc2ccccc2)c2c3c1c(=O)c(C(=O)O)cn3CCCC2. The van der Waals surface area contributed by atoms with Crippen LogP contribution in [0, 0.1) is 5.82 Å². The molecule has 0 fully saturated rings. The highest BCUT2D eigenvalue weighted by Crippen LogP contribution is 2.36. The Balaban J connectivity index is 1.74. The summed E-state index contributed by atoms with van der Waals surface area (Å²) in [5, 5.41) is 12.6. The van der Waals surface area contributed by atoms with Gasteiger partial charge in [0.2, 0.25) is 5.43 Å². The molecule has 0 amide bonds. The molecule has 4 rings (SSSR count). The Labute approximate surface area is 173 Å². The second-order valence-electron chi connectivity index (χ2n) is 7.65. The van der Waals surface area contributed by atoms with Gasteiger partial charge in [-0.2, -0.15) is 0 Å². The quantitative estimate of drug-likeness (QED) is 0.425. The topological polar surface area (TPSA) is 97.3 Å². The average molecular weight is 409 g/mol. The molecule has 4 N–H and O–H groups in total. The van der Waals surface area contributed by atoms with Gasteiger partial charge in [-0.1, -0.05) is 30.3 Å². The van der Waals surface area contributed by atoms with Gasteiger partial charge in [0.25, 0.3) is 0 Å². The maximum Gasteiger partial charge on any atom is 0.341 e. The van der Waals surface area contributed by atoms with Crippen LogP contribution in [0.15, 0.2) is 41.3 Å². The van der Waals surface area contributed by atoms with Crippen molar-refractivity contribution in [2.75, 3.05) is 17.6 Å². The van der Waals surface area contributed by atoms with E-state index < -0.39 is 17.2 Å². The molecule has 1 aliphatic rings. The minimum absolute atomic E-state index is 0.0286. The normalized spacial score (nSPS) is 13.2. The van der Waals surface area contributed by atoms with Gasteiger partial charge < -0.3 is 20.7 Å². The number of nitrogens with two attached hydrogens (primary N) is 1. The second-order valence-corrected chi connectivity index (χ2v) is 7.65. The number of aromatic nitrogens is 1. The highest BCUT2D eigenvalue weighted by molar-refractivity contribution is 6.01. The molecule has 2 heterocycles. The first kappa shape index (κ1) is 19.9. The van der Waals surface area contributed by atoms with Crippen LogP contribution in [-0.2, 0) is 19.4 Å². The third-order valence-electron chi connectivity index (χ3n) is 5.69. The molecule has 0 bridgehead atoms. The van der Waals surface area contributed by atoms with E-state index in [1.165, 1.54) is 11.8 Å². The highest BCUT2D eigenvalue weighted by Gasteiger charge is 2.26. The molecule has 1 aliphatic heterocycles. The van der Waals surface area contributed by atoms with E-state index in [0.29, 0.717) is 36.3 Å². The minimum Gasteiger partial charge on any atom is -0.477 e. The van der Waals surface area contributed by atoms with Crippen molar-refractivity contribution in [3.8, 4) is 0 Å². The number of nitrogens with zero attached hydrogens (tertiary/aromatic N) is 1. The molecule has 156 valence electrons. The highest BCUT2D eigenvalue weighted by atomic mass is 19.1. The molecule has 7 heteroatoms. The predicted molar refractivity (Wildman–Crippen MR) is 116 cm³/mol. The van der Waals surface area contributed by atoms with Gasteiger partial charge in [-0.3, -0.25) is 4.79 Å². The van der Waals surface area contributed by atoms with Crippen molar-refractivity contribution in [3.63, 3.8) is 0 Å². The van der Waals surface area contributed by atoms with Gasteiger partial charge in [0.1, 0.15) is 5.56 Å². The van der Waals surface area contributed by atoms with E-state index in [2.05, 4.69) is 17.4 Å². The van der Waals surface area contributed by atoms with Crippen LogP contribution in [0.1, 0.15) is 40.7 Å². The molecular formula is C23H24FN3O3. The summed E-state index contributed by atoms with van der Waals surface area (Å²) in [6.45, 7) is 1.11. The van der Waals surface area contributed by atoms with E-state index in [-0.39, 0.29) is 16.6 Å². The van der Waals surface area contributed by atoms with E-state index in [0.717, 1.165) is 25.7 Å². The van der Waals surface area contributed by atoms with Gasteiger partial charge in [0.15, 0.2) is 5.82 Å². The van der Waals surface area contributed by atoms with Crippen LogP contribution < -0.4 is 16.5 Å². The Kier molecular flexibility index (Phi) is 5.44. The van der Waals surface area contributed by atoms with Crippen LogP contribution >= 0.6 is 0 Å². The fourth-order valence-electron chi connectivity index (χ4n) is 4.23. The summed E-state index contributed by atoms with van der Waals surface area (Å²) >= 11 is 0. The first-order valence-electron chi connectivity index (χ1n) is 10.2. The van der Waals surface area contributed by atoms with Crippen molar-refractivity contribution in [1.82, 2.24) is 4.57 Å². The molecule has 0 atom stereocenters. The Bertz CT molecular complexity index is 1170. The fraction of sp³-hybridized carbons (Fsp3) is 0.304. The summed E-state index contributed by atoms with van der Waals surface area (Å²) in [6.07, 6.45) is 5.25. The number of anilines is 2.